The molecule has 0 radical (unpaired) electrons. The molecule has 0 aliphatic heterocycles. The summed E-state index contributed by atoms with van der Waals surface area (Å²) in [7, 11) is 0. The van der Waals surface area contributed by atoms with E-state index in [-0.39, 0.29) is 11.3 Å². The molecule has 0 bridgehead atoms. The Hall–Kier alpha value is -2.82. The number of aromatic nitrogens is 1. The fraction of sp³-hybridized carbons (Fsp3) is 0.125. The van der Waals surface area contributed by atoms with Crippen LogP contribution in [0.15, 0.2) is 36.4 Å². The van der Waals surface area contributed by atoms with Gasteiger partial charge < -0.3 is 5.11 Å². The molecule has 3 rings (SSSR count). The molecule has 1 heterocycles. The Morgan fingerprint density at radius 1 is 1.10 bits per heavy atom. The maximum Gasteiger partial charge on any atom is 0.273 e. The van der Waals surface area contributed by atoms with Crippen molar-refractivity contribution in [3.05, 3.63) is 52.5 Å². The Kier molecular flexibility index (Phi) is 3.55. The van der Waals surface area contributed by atoms with Gasteiger partial charge in [-0.15, -0.1) is 0 Å². The number of nitrogens with zero attached hydrogens (tertiary/aromatic N) is 1. The van der Waals surface area contributed by atoms with Gasteiger partial charge in [0.2, 0.25) is 0 Å². The molecule has 1 aromatic heterocycles. The van der Waals surface area contributed by atoms with Crippen LogP contribution in [0.4, 0.5) is 5.82 Å². The Morgan fingerprint density at radius 3 is 2.76 bits per heavy atom. The molecular formula is C16H15N3O2. The van der Waals surface area contributed by atoms with E-state index in [0.29, 0.717) is 5.82 Å². The molecule has 5 heteroatoms. The first-order chi connectivity index (χ1) is 10.2. The van der Waals surface area contributed by atoms with E-state index in [1.165, 1.54) is 6.07 Å². The second-order valence-electron chi connectivity index (χ2n) is 4.75. The number of hydrogen-bond acceptors (Lipinski definition) is 4. The third-order valence-electron chi connectivity index (χ3n) is 3.28. The first-order valence-corrected chi connectivity index (χ1v) is 6.76. The SMILES string of the molecule is O=C(NNc1ccc2c(n1)=CCCC=2)c1ccccc1O. The summed E-state index contributed by atoms with van der Waals surface area (Å²) in [6.07, 6.45) is 6.23. The molecule has 1 aromatic carbocycles. The number of phenols is 1. The molecule has 5 nitrogen and oxygen atoms in total. The van der Waals surface area contributed by atoms with E-state index < -0.39 is 5.91 Å². The second kappa shape index (κ2) is 5.66. The van der Waals surface area contributed by atoms with Gasteiger partial charge in [0.1, 0.15) is 11.6 Å². The average Bonchev–Trinajstić information content (AvgIpc) is 2.53. The van der Waals surface area contributed by atoms with Gasteiger partial charge in [-0.25, -0.2) is 4.98 Å². The van der Waals surface area contributed by atoms with E-state index in [9.17, 15) is 9.90 Å². The van der Waals surface area contributed by atoms with E-state index >= 15 is 0 Å². The van der Waals surface area contributed by atoms with Gasteiger partial charge in [0.15, 0.2) is 0 Å². The number of hydrazine groups is 1. The molecule has 0 spiro atoms. The van der Waals surface area contributed by atoms with Gasteiger partial charge in [0.25, 0.3) is 5.91 Å². The number of carbonyl (C=O) groups excluding carboxylic acids is 1. The third-order valence-corrected chi connectivity index (χ3v) is 3.28. The van der Waals surface area contributed by atoms with Crippen LogP contribution in [0.25, 0.3) is 12.2 Å². The summed E-state index contributed by atoms with van der Waals surface area (Å²) in [4.78, 5) is 16.4. The first-order valence-electron chi connectivity index (χ1n) is 6.76. The number of aromatic hydroxyl groups is 1. The first kappa shape index (κ1) is 13.2. The lowest BCUT2D eigenvalue weighted by Crippen LogP contribution is -2.34. The van der Waals surface area contributed by atoms with Gasteiger partial charge in [-0.2, -0.15) is 0 Å². The standard InChI is InChI=1S/C16H15N3O2/c20-14-8-4-2-6-12(14)16(21)19-18-15-10-9-11-5-1-3-7-13(11)17-15/h2,4-10,20H,1,3H2,(H,17,18)(H,19,21). The molecule has 0 atom stereocenters. The highest BCUT2D eigenvalue weighted by molar-refractivity contribution is 5.97. The molecular weight excluding hydrogens is 266 g/mol. The zero-order valence-corrected chi connectivity index (χ0v) is 11.3. The normalized spacial score (nSPS) is 12.6. The summed E-state index contributed by atoms with van der Waals surface area (Å²) >= 11 is 0. The number of pyridine rings is 1. The molecule has 0 unspecified atom stereocenters. The molecule has 1 amide bonds. The maximum absolute atomic E-state index is 12.0. The molecule has 1 aliphatic rings. The van der Waals surface area contributed by atoms with Crippen LogP contribution in [-0.4, -0.2) is 16.0 Å². The Bertz CT molecular complexity index is 799. The quantitative estimate of drug-likeness (QED) is 0.731. The lowest BCUT2D eigenvalue weighted by Gasteiger charge is -2.09. The van der Waals surface area contributed by atoms with Crippen LogP contribution >= 0.6 is 0 Å². The number of amides is 1. The molecule has 3 N–H and O–H groups in total. The average molecular weight is 281 g/mol. The highest BCUT2D eigenvalue weighted by Gasteiger charge is 2.09. The van der Waals surface area contributed by atoms with E-state index in [4.69, 9.17) is 0 Å². The Labute approximate surface area is 121 Å². The van der Waals surface area contributed by atoms with Crippen molar-refractivity contribution < 1.29 is 9.90 Å². The van der Waals surface area contributed by atoms with Crippen LogP contribution < -0.4 is 21.4 Å². The number of benzene rings is 1. The second-order valence-corrected chi connectivity index (χ2v) is 4.75. The van der Waals surface area contributed by atoms with E-state index in [1.807, 2.05) is 6.07 Å². The highest BCUT2D eigenvalue weighted by Crippen LogP contribution is 2.14. The van der Waals surface area contributed by atoms with Crippen LogP contribution in [0.5, 0.6) is 5.75 Å². The van der Waals surface area contributed by atoms with Crippen molar-refractivity contribution in [3.63, 3.8) is 0 Å². The van der Waals surface area contributed by atoms with Crippen molar-refractivity contribution in [1.82, 2.24) is 10.4 Å². The summed E-state index contributed by atoms with van der Waals surface area (Å²) in [6, 6.07) is 10.1. The van der Waals surface area contributed by atoms with E-state index in [0.717, 1.165) is 23.4 Å². The van der Waals surface area contributed by atoms with Crippen molar-refractivity contribution in [2.24, 2.45) is 0 Å². The molecule has 2 aromatic rings. The van der Waals surface area contributed by atoms with Crippen LogP contribution in [0.1, 0.15) is 23.2 Å². The minimum atomic E-state index is -0.414. The largest absolute Gasteiger partial charge is 0.507 e. The fourth-order valence-electron chi connectivity index (χ4n) is 2.20. The van der Waals surface area contributed by atoms with Crippen molar-refractivity contribution in [1.29, 1.82) is 0 Å². The Morgan fingerprint density at radius 2 is 1.90 bits per heavy atom. The smallest absolute Gasteiger partial charge is 0.273 e. The van der Waals surface area contributed by atoms with Crippen molar-refractivity contribution in [2.45, 2.75) is 12.8 Å². The number of hydrogen-bond donors (Lipinski definition) is 3. The highest BCUT2D eigenvalue weighted by atomic mass is 16.3. The van der Waals surface area contributed by atoms with Crippen molar-refractivity contribution in [2.75, 3.05) is 5.43 Å². The molecule has 0 saturated heterocycles. The zero-order valence-electron chi connectivity index (χ0n) is 11.3. The van der Waals surface area contributed by atoms with E-state index in [1.54, 1.807) is 24.3 Å². The number of phenolic OH excluding ortho intramolecular Hbond substituents is 1. The monoisotopic (exact) mass is 281 g/mol. The molecule has 21 heavy (non-hydrogen) atoms. The van der Waals surface area contributed by atoms with Gasteiger partial charge in [-0.1, -0.05) is 24.3 Å². The number of carbonyl (C=O) groups is 1. The summed E-state index contributed by atoms with van der Waals surface area (Å²) in [5.41, 5.74) is 5.50. The lowest BCUT2D eigenvalue weighted by atomic mass is 10.1. The molecule has 106 valence electrons. The summed E-state index contributed by atoms with van der Waals surface area (Å²) in [5.74, 6) is 0.0883. The Balaban J connectivity index is 1.74. The molecule has 0 fully saturated rings. The maximum atomic E-state index is 12.0. The third kappa shape index (κ3) is 2.86. The van der Waals surface area contributed by atoms with Crippen molar-refractivity contribution in [3.8, 4) is 5.75 Å². The van der Waals surface area contributed by atoms with E-state index in [2.05, 4.69) is 28.0 Å². The summed E-state index contributed by atoms with van der Waals surface area (Å²) < 4.78 is 0. The van der Waals surface area contributed by atoms with Gasteiger partial charge in [0, 0.05) is 0 Å². The van der Waals surface area contributed by atoms with Crippen LogP contribution in [0, 0.1) is 0 Å². The number of para-hydroxylation sites is 1. The van der Waals surface area contributed by atoms with Gasteiger partial charge in [-0.3, -0.25) is 15.6 Å². The molecule has 0 saturated carbocycles. The predicted octanol–water partition coefficient (Wildman–Crippen LogP) is 0.899. The topological polar surface area (TPSA) is 74.2 Å². The zero-order chi connectivity index (χ0) is 14.7. The van der Waals surface area contributed by atoms with Gasteiger partial charge >= 0.3 is 0 Å². The fourth-order valence-corrected chi connectivity index (χ4v) is 2.20. The van der Waals surface area contributed by atoms with Crippen molar-refractivity contribution >= 4 is 23.9 Å². The number of rotatable bonds is 3. The molecule has 1 aliphatic carbocycles. The van der Waals surface area contributed by atoms with Crippen LogP contribution in [0.3, 0.4) is 0 Å². The minimum Gasteiger partial charge on any atom is -0.507 e. The summed E-state index contributed by atoms with van der Waals surface area (Å²) in [5, 5.41) is 11.7. The van der Waals surface area contributed by atoms with Crippen LogP contribution in [0.2, 0.25) is 0 Å². The van der Waals surface area contributed by atoms with Crippen LogP contribution in [-0.2, 0) is 0 Å². The van der Waals surface area contributed by atoms with Gasteiger partial charge in [-0.05, 0) is 42.3 Å². The predicted molar refractivity (Wildman–Crippen MR) is 80.8 cm³/mol. The lowest BCUT2D eigenvalue weighted by molar-refractivity contribution is 0.0960. The minimum absolute atomic E-state index is 0.0573. The summed E-state index contributed by atoms with van der Waals surface area (Å²) in [6.45, 7) is 0. The number of fused-ring (bicyclic) bond motifs is 1. The van der Waals surface area contributed by atoms with Gasteiger partial charge in [0.05, 0.1) is 10.9 Å². The number of nitrogens with one attached hydrogen (secondary N) is 2. The number of anilines is 1.